The minimum Gasteiger partial charge on any atom is -0.349 e. The maximum absolute atomic E-state index is 13.5. The topological polar surface area (TPSA) is 95.6 Å². The Balaban J connectivity index is 1.30. The molecule has 7 nitrogen and oxygen atoms in total. The number of carbonyl (C=O) groups is 2. The van der Waals surface area contributed by atoms with E-state index in [1.165, 1.54) is 15.4 Å². The molecule has 0 saturated carbocycles. The van der Waals surface area contributed by atoms with Crippen LogP contribution in [-0.2, 0) is 32.5 Å². The van der Waals surface area contributed by atoms with Gasteiger partial charge in [-0.05, 0) is 79.8 Å². The summed E-state index contributed by atoms with van der Waals surface area (Å²) in [6, 6.07) is 13.1. The average molecular weight is 482 g/mol. The quantitative estimate of drug-likeness (QED) is 0.698. The number of hydrogen-bond donors (Lipinski definition) is 2. The molecule has 2 aromatic carbocycles. The van der Waals surface area contributed by atoms with Gasteiger partial charge in [-0.25, -0.2) is 8.42 Å². The third kappa shape index (κ3) is 4.61. The zero-order valence-corrected chi connectivity index (χ0v) is 20.1. The van der Waals surface area contributed by atoms with Gasteiger partial charge in [0.2, 0.25) is 21.8 Å². The molecule has 2 N–H and O–H groups in total. The van der Waals surface area contributed by atoms with Crippen molar-refractivity contribution in [3.05, 3.63) is 59.2 Å². The van der Waals surface area contributed by atoms with Crippen LogP contribution in [-0.4, -0.2) is 37.6 Å². The van der Waals surface area contributed by atoms with Crippen LogP contribution in [0.5, 0.6) is 0 Å². The largest absolute Gasteiger partial charge is 0.349 e. The van der Waals surface area contributed by atoms with E-state index in [9.17, 15) is 18.0 Å². The van der Waals surface area contributed by atoms with E-state index in [0.717, 1.165) is 24.8 Å². The third-order valence-electron chi connectivity index (χ3n) is 7.28. The van der Waals surface area contributed by atoms with E-state index < -0.39 is 10.0 Å². The first-order valence-electron chi connectivity index (χ1n) is 12.2. The summed E-state index contributed by atoms with van der Waals surface area (Å²) >= 11 is 0. The minimum atomic E-state index is -3.73. The van der Waals surface area contributed by atoms with E-state index in [1.54, 1.807) is 18.2 Å². The fourth-order valence-corrected chi connectivity index (χ4v) is 7.00. The van der Waals surface area contributed by atoms with Gasteiger partial charge in [0.05, 0.1) is 16.9 Å². The van der Waals surface area contributed by atoms with Crippen molar-refractivity contribution in [1.82, 2.24) is 9.62 Å². The van der Waals surface area contributed by atoms with Crippen LogP contribution in [0.25, 0.3) is 0 Å². The Morgan fingerprint density at radius 1 is 0.971 bits per heavy atom. The first-order valence-corrected chi connectivity index (χ1v) is 13.7. The van der Waals surface area contributed by atoms with Crippen molar-refractivity contribution in [1.29, 1.82) is 0 Å². The molecule has 8 heteroatoms. The lowest BCUT2D eigenvalue weighted by atomic mass is 9.87. The maximum Gasteiger partial charge on any atom is 0.243 e. The third-order valence-corrected chi connectivity index (χ3v) is 9.14. The van der Waals surface area contributed by atoms with E-state index in [-0.39, 0.29) is 35.2 Å². The van der Waals surface area contributed by atoms with Gasteiger partial charge in [0, 0.05) is 25.2 Å². The van der Waals surface area contributed by atoms with Crippen molar-refractivity contribution in [3.8, 4) is 0 Å². The van der Waals surface area contributed by atoms with Crippen molar-refractivity contribution in [2.24, 2.45) is 5.92 Å². The Labute approximate surface area is 201 Å². The number of piperidine rings is 1. The second-order valence-corrected chi connectivity index (χ2v) is 11.5. The van der Waals surface area contributed by atoms with Crippen LogP contribution in [0.4, 0.5) is 5.69 Å². The summed E-state index contributed by atoms with van der Waals surface area (Å²) in [5.74, 6) is -0.469. The van der Waals surface area contributed by atoms with Crippen molar-refractivity contribution >= 4 is 27.5 Å². The molecule has 1 saturated heterocycles. The van der Waals surface area contributed by atoms with Gasteiger partial charge < -0.3 is 10.6 Å². The smallest absolute Gasteiger partial charge is 0.243 e. The Hall–Kier alpha value is -2.71. The van der Waals surface area contributed by atoms with Gasteiger partial charge in [-0.15, -0.1) is 0 Å². The van der Waals surface area contributed by atoms with Gasteiger partial charge in [-0.1, -0.05) is 24.3 Å². The van der Waals surface area contributed by atoms with Crippen molar-refractivity contribution < 1.29 is 18.0 Å². The summed E-state index contributed by atoms with van der Waals surface area (Å²) in [4.78, 5) is 25.2. The van der Waals surface area contributed by atoms with Crippen LogP contribution in [0.2, 0.25) is 0 Å². The Bertz CT molecular complexity index is 1210. The van der Waals surface area contributed by atoms with Crippen LogP contribution in [0.1, 0.15) is 61.3 Å². The zero-order chi connectivity index (χ0) is 23.7. The van der Waals surface area contributed by atoms with E-state index in [4.69, 9.17) is 0 Å². The second kappa shape index (κ2) is 9.50. The number of hydrogen-bond acceptors (Lipinski definition) is 4. The lowest BCUT2D eigenvalue weighted by Gasteiger charge is -2.33. The number of nitrogens with one attached hydrogen (secondary N) is 2. The molecule has 2 aliphatic heterocycles. The molecule has 180 valence electrons. The summed E-state index contributed by atoms with van der Waals surface area (Å²) < 4.78 is 28.4. The lowest BCUT2D eigenvalue weighted by molar-refractivity contribution is -0.127. The lowest BCUT2D eigenvalue weighted by Crippen LogP contribution is -2.46. The fourth-order valence-electron chi connectivity index (χ4n) is 5.43. The fraction of sp³-hybridized carbons (Fsp3) is 0.462. The van der Waals surface area contributed by atoms with Crippen molar-refractivity contribution in [2.45, 2.75) is 62.3 Å². The number of anilines is 1. The molecule has 0 unspecified atom stereocenters. The van der Waals surface area contributed by atoms with Gasteiger partial charge in [0.1, 0.15) is 0 Å². The van der Waals surface area contributed by atoms with Crippen LogP contribution < -0.4 is 10.6 Å². The summed E-state index contributed by atoms with van der Waals surface area (Å²) in [6.45, 7) is 0.600. The highest BCUT2D eigenvalue weighted by atomic mass is 32.2. The van der Waals surface area contributed by atoms with Crippen molar-refractivity contribution in [3.63, 3.8) is 0 Å². The molecule has 0 bridgehead atoms. The summed E-state index contributed by atoms with van der Waals surface area (Å²) in [5.41, 5.74) is 3.99. The molecular formula is C26H31N3O4S. The zero-order valence-electron chi connectivity index (χ0n) is 19.3. The minimum absolute atomic E-state index is 0.00998. The SMILES string of the molecule is O=C1CCCc2cc(S(=O)(=O)N3CCC[C@@H](C(=O)N[C@H]4CCCc5ccccc54)C3)ccc2N1. The molecule has 3 aliphatic rings. The Morgan fingerprint density at radius 3 is 2.68 bits per heavy atom. The molecule has 2 heterocycles. The van der Waals surface area contributed by atoms with Crippen LogP contribution in [0, 0.1) is 5.92 Å². The normalized spacial score (nSPS) is 23.2. The predicted octanol–water partition coefficient (Wildman–Crippen LogP) is 3.56. The summed E-state index contributed by atoms with van der Waals surface area (Å²) in [5, 5.41) is 6.06. The molecule has 0 spiro atoms. The van der Waals surface area contributed by atoms with Crippen LogP contribution >= 0.6 is 0 Å². The van der Waals surface area contributed by atoms with Crippen LogP contribution in [0.15, 0.2) is 47.4 Å². The molecule has 0 radical (unpaired) electrons. The number of carbonyl (C=O) groups excluding carboxylic acids is 2. The number of rotatable bonds is 4. The van der Waals surface area contributed by atoms with Gasteiger partial charge in [-0.2, -0.15) is 4.31 Å². The average Bonchev–Trinajstić information content (AvgIpc) is 3.04. The molecule has 5 rings (SSSR count). The molecule has 1 fully saturated rings. The van der Waals surface area contributed by atoms with Gasteiger partial charge in [0.15, 0.2) is 0 Å². The highest BCUT2D eigenvalue weighted by Crippen LogP contribution is 2.32. The molecule has 0 aromatic heterocycles. The summed E-state index contributed by atoms with van der Waals surface area (Å²) in [7, 11) is -3.73. The number of amides is 2. The number of sulfonamides is 1. The van der Waals surface area contributed by atoms with Crippen LogP contribution in [0.3, 0.4) is 0 Å². The first-order chi connectivity index (χ1) is 16.4. The van der Waals surface area contributed by atoms with Gasteiger partial charge in [-0.3, -0.25) is 9.59 Å². The highest BCUT2D eigenvalue weighted by Gasteiger charge is 2.35. The van der Waals surface area contributed by atoms with Gasteiger partial charge in [0.25, 0.3) is 0 Å². The monoisotopic (exact) mass is 481 g/mol. The molecule has 2 amide bonds. The second-order valence-electron chi connectivity index (χ2n) is 9.58. The maximum atomic E-state index is 13.5. The Morgan fingerprint density at radius 2 is 1.79 bits per heavy atom. The van der Waals surface area contributed by atoms with E-state index in [0.29, 0.717) is 44.3 Å². The van der Waals surface area contributed by atoms with E-state index >= 15 is 0 Å². The van der Waals surface area contributed by atoms with E-state index in [2.05, 4.69) is 22.8 Å². The number of fused-ring (bicyclic) bond motifs is 2. The predicted molar refractivity (Wildman–Crippen MR) is 130 cm³/mol. The standard InChI is InChI=1S/C26H31N3O4S/c30-25-12-4-8-19-16-21(13-14-23(19)27-25)34(32,33)29-15-5-9-20(17-29)26(31)28-24-11-3-7-18-6-1-2-10-22(18)24/h1-2,6,10,13-14,16,20,24H,3-5,7-9,11-12,15,17H2,(H,27,30)(H,28,31)/t20-,24+/m1/s1. The number of aryl methyl sites for hydroxylation is 2. The number of nitrogens with zero attached hydrogens (tertiary/aromatic N) is 1. The molecular weight excluding hydrogens is 450 g/mol. The molecule has 2 aromatic rings. The Kier molecular flexibility index (Phi) is 6.44. The van der Waals surface area contributed by atoms with Gasteiger partial charge >= 0.3 is 0 Å². The first kappa shape index (κ1) is 23.1. The highest BCUT2D eigenvalue weighted by molar-refractivity contribution is 7.89. The molecule has 2 atom stereocenters. The molecule has 1 aliphatic carbocycles. The molecule has 34 heavy (non-hydrogen) atoms. The summed E-state index contributed by atoms with van der Waals surface area (Å²) in [6.07, 6.45) is 6.09. The van der Waals surface area contributed by atoms with E-state index in [1.807, 2.05) is 12.1 Å². The number of benzene rings is 2. The van der Waals surface area contributed by atoms with Crippen molar-refractivity contribution in [2.75, 3.05) is 18.4 Å².